The van der Waals surface area contributed by atoms with Gasteiger partial charge in [-0.2, -0.15) is 0 Å². The summed E-state index contributed by atoms with van der Waals surface area (Å²) in [5, 5.41) is 24.4. The number of carbonyl (C=O) groups is 1. The molecule has 7 nitrogen and oxygen atoms in total. The number of nitro benzene ring substituents is 1. The van der Waals surface area contributed by atoms with Crippen molar-refractivity contribution in [3.05, 3.63) is 39.8 Å². The Kier molecular flexibility index (Phi) is 4.24. The predicted octanol–water partition coefficient (Wildman–Crippen LogP) is 1.68. The Balaban J connectivity index is 1.75. The molecule has 0 amide bonds. The first kappa shape index (κ1) is 15.4. The van der Waals surface area contributed by atoms with E-state index in [-0.39, 0.29) is 11.6 Å². The first-order valence-corrected chi connectivity index (χ1v) is 8.08. The van der Waals surface area contributed by atoms with E-state index in [2.05, 4.69) is 4.98 Å². The van der Waals surface area contributed by atoms with Crippen molar-refractivity contribution in [3.8, 4) is 11.3 Å². The van der Waals surface area contributed by atoms with Crippen LogP contribution in [0.1, 0.15) is 12.8 Å². The number of aromatic nitrogens is 1. The van der Waals surface area contributed by atoms with Crippen molar-refractivity contribution in [3.63, 3.8) is 0 Å². The zero-order valence-electron chi connectivity index (χ0n) is 12.2. The van der Waals surface area contributed by atoms with Crippen LogP contribution < -0.4 is 10.0 Å². The lowest BCUT2D eigenvalue weighted by atomic mass is 9.97. The molecular weight excluding hydrogens is 318 g/mol. The fourth-order valence-electron chi connectivity index (χ4n) is 2.63. The number of nitrogens with zero attached hydrogens (tertiary/aromatic N) is 3. The summed E-state index contributed by atoms with van der Waals surface area (Å²) in [6.45, 7) is 1.25. The third kappa shape index (κ3) is 3.31. The molecule has 2 heterocycles. The third-order valence-electron chi connectivity index (χ3n) is 3.94. The van der Waals surface area contributed by atoms with E-state index >= 15 is 0 Å². The van der Waals surface area contributed by atoms with Gasteiger partial charge in [0.15, 0.2) is 5.13 Å². The second kappa shape index (κ2) is 6.33. The molecule has 0 spiro atoms. The number of hydrogen-bond acceptors (Lipinski definition) is 7. The quantitative estimate of drug-likeness (QED) is 0.624. The Hall–Kier alpha value is -2.48. The van der Waals surface area contributed by atoms with Gasteiger partial charge in [-0.3, -0.25) is 10.1 Å². The minimum atomic E-state index is -0.985. The fourth-order valence-corrected chi connectivity index (χ4v) is 3.52. The number of benzene rings is 1. The van der Waals surface area contributed by atoms with E-state index in [4.69, 9.17) is 0 Å². The van der Waals surface area contributed by atoms with Crippen LogP contribution in [0.15, 0.2) is 29.6 Å². The van der Waals surface area contributed by atoms with Crippen molar-refractivity contribution in [2.45, 2.75) is 12.8 Å². The number of hydrogen-bond donors (Lipinski definition) is 0. The third-order valence-corrected chi connectivity index (χ3v) is 4.85. The normalized spacial score (nSPS) is 15.6. The maximum absolute atomic E-state index is 10.9. The molecule has 0 atom stereocenters. The number of piperidine rings is 1. The molecule has 0 saturated carbocycles. The molecule has 2 aromatic rings. The Labute approximate surface area is 136 Å². The second-order valence-electron chi connectivity index (χ2n) is 5.40. The van der Waals surface area contributed by atoms with E-state index in [1.807, 2.05) is 10.3 Å². The van der Waals surface area contributed by atoms with Crippen LogP contribution in [0.4, 0.5) is 10.8 Å². The zero-order chi connectivity index (χ0) is 16.4. The van der Waals surface area contributed by atoms with Gasteiger partial charge in [0.25, 0.3) is 5.69 Å². The maximum Gasteiger partial charge on any atom is 0.270 e. The van der Waals surface area contributed by atoms with Crippen LogP contribution in [0.2, 0.25) is 0 Å². The number of anilines is 1. The number of thiazole rings is 1. The second-order valence-corrected chi connectivity index (χ2v) is 6.24. The monoisotopic (exact) mass is 332 g/mol. The van der Waals surface area contributed by atoms with Gasteiger partial charge in [-0.05, 0) is 12.8 Å². The van der Waals surface area contributed by atoms with Crippen LogP contribution >= 0.6 is 11.3 Å². The lowest BCUT2D eigenvalue weighted by Gasteiger charge is -2.32. The van der Waals surface area contributed by atoms with E-state index in [1.165, 1.54) is 23.5 Å². The van der Waals surface area contributed by atoms with Crippen LogP contribution in [0.5, 0.6) is 0 Å². The Morgan fingerprint density at radius 3 is 2.74 bits per heavy atom. The number of non-ortho nitro benzene ring substituents is 1. The minimum absolute atomic E-state index is 0.0341. The summed E-state index contributed by atoms with van der Waals surface area (Å²) < 4.78 is 0. The van der Waals surface area contributed by atoms with Gasteiger partial charge in [0.1, 0.15) is 0 Å². The molecule has 3 rings (SSSR count). The summed E-state index contributed by atoms with van der Waals surface area (Å²) in [6.07, 6.45) is 1.10. The van der Waals surface area contributed by atoms with Crippen molar-refractivity contribution in [1.29, 1.82) is 0 Å². The topological polar surface area (TPSA) is 99.4 Å². The van der Waals surface area contributed by atoms with Crippen molar-refractivity contribution < 1.29 is 14.8 Å². The van der Waals surface area contributed by atoms with Gasteiger partial charge in [0, 0.05) is 48.1 Å². The number of carboxylic acid groups (broad SMARTS) is 1. The van der Waals surface area contributed by atoms with E-state index in [0.29, 0.717) is 37.2 Å². The average molecular weight is 332 g/mol. The largest absolute Gasteiger partial charge is 0.550 e. The predicted molar refractivity (Wildman–Crippen MR) is 84.1 cm³/mol. The summed E-state index contributed by atoms with van der Waals surface area (Å²) in [5.41, 5.74) is 1.42. The van der Waals surface area contributed by atoms with E-state index in [0.717, 1.165) is 5.13 Å². The molecule has 0 bridgehead atoms. The molecule has 1 saturated heterocycles. The summed E-state index contributed by atoms with van der Waals surface area (Å²) in [7, 11) is 0. The number of rotatable bonds is 4. The number of aliphatic carboxylic acids is 1. The van der Waals surface area contributed by atoms with Crippen LogP contribution in [0.25, 0.3) is 11.3 Å². The lowest BCUT2D eigenvalue weighted by Crippen LogP contribution is -2.41. The van der Waals surface area contributed by atoms with E-state index in [9.17, 15) is 20.0 Å². The van der Waals surface area contributed by atoms with Gasteiger partial charge in [-0.15, -0.1) is 11.3 Å². The Morgan fingerprint density at radius 1 is 1.35 bits per heavy atom. The SMILES string of the molecule is O=C([O-])C1CCN(c2nc(-c3cccc([N+](=O)[O-])c3)cs2)CC1. The average Bonchev–Trinajstić information content (AvgIpc) is 3.05. The Bertz CT molecular complexity index is 738. The Morgan fingerprint density at radius 2 is 2.09 bits per heavy atom. The van der Waals surface area contributed by atoms with Gasteiger partial charge in [-0.25, -0.2) is 4.98 Å². The van der Waals surface area contributed by atoms with Crippen molar-refractivity contribution in [2.75, 3.05) is 18.0 Å². The molecule has 1 fully saturated rings. The molecule has 8 heteroatoms. The number of carbonyl (C=O) groups excluding carboxylic acids is 1. The minimum Gasteiger partial charge on any atom is -0.550 e. The van der Waals surface area contributed by atoms with Gasteiger partial charge in [0.05, 0.1) is 10.6 Å². The number of carboxylic acids is 1. The summed E-state index contributed by atoms with van der Waals surface area (Å²) in [4.78, 5) is 27.9. The lowest BCUT2D eigenvalue weighted by molar-refractivity contribution is -0.384. The van der Waals surface area contributed by atoms with Gasteiger partial charge < -0.3 is 14.8 Å². The van der Waals surface area contributed by atoms with Crippen LogP contribution in [0.3, 0.4) is 0 Å². The molecule has 0 unspecified atom stereocenters. The van der Waals surface area contributed by atoms with E-state index < -0.39 is 10.9 Å². The molecule has 1 aromatic carbocycles. The van der Waals surface area contributed by atoms with Crippen molar-refractivity contribution >= 4 is 28.1 Å². The number of nitro groups is 1. The van der Waals surface area contributed by atoms with Crippen molar-refractivity contribution in [2.24, 2.45) is 5.92 Å². The van der Waals surface area contributed by atoms with Gasteiger partial charge in [-0.1, -0.05) is 12.1 Å². The molecule has 0 aliphatic carbocycles. The summed E-state index contributed by atoms with van der Waals surface area (Å²) in [6, 6.07) is 6.37. The van der Waals surface area contributed by atoms with Gasteiger partial charge in [0.2, 0.25) is 0 Å². The molecule has 1 aliphatic heterocycles. The van der Waals surface area contributed by atoms with Gasteiger partial charge >= 0.3 is 0 Å². The molecule has 120 valence electrons. The highest BCUT2D eigenvalue weighted by atomic mass is 32.1. The highest BCUT2D eigenvalue weighted by Gasteiger charge is 2.22. The van der Waals surface area contributed by atoms with Crippen LogP contribution in [-0.2, 0) is 4.79 Å². The molecule has 0 radical (unpaired) electrons. The van der Waals surface area contributed by atoms with Crippen molar-refractivity contribution in [1.82, 2.24) is 4.98 Å². The van der Waals surface area contributed by atoms with Crippen LogP contribution in [0, 0.1) is 16.0 Å². The molecular formula is C15H14N3O4S-. The summed E-state index contributed by atoms with van der Waals surface area (Å²) >= 11 is 1.46. The zero-order valence-corrected chi connectivity index (χ0v) is 13.0. The highest BCUT2D eigenvalue weighted by molar-refractivity contribution is 7.14. The first-order valence-electron chi connectivity index (χ1n) is 7.21. The molecule has 23 heavy (non-hydrogen) atoms. The highest BCUT2D eigenvalue weighted by Crippen LogP contribution is 2.31. The standard InChI is InChI=1S/C15H15N3O4S/c19-14(20)10-4-6-17(7-5-10)15-16-13(9-23-15)11-2-1-3-12(8-11)18(21)22/h1-3,8-10H,4-7H2,(H,19,20)/p-1. The molecule has 0 N–H and O–H groups in total. The summed E-state index contributed by atoms with van der Waals surface area (Å²) in [5.74, 6) is -1.37. The maximum atomic E-state index is 10.9. The molecule has 1 aromatic heterocycles. The molecule has 1 aliphatic rings. The fraction of sp³-hybridized carbons (Fsp3) is 0.333. The van der Waals surface area contributed by atoms with Crippen LogP contribution in [-0.4, -0.2) is 29.0 Å². The smallest absolute Gasteiger partial charge is 0.270 e. The van der Waals surface area contributed by atoms with E-state index in [1.54, 1.807) is 12.1 Å². The first-order chi connectivity index (χ1) is 11.0.